The first-order chi connectivity index (χ1) is 15.2. The van der Waals surface area contributed by atoms with Gasteiger partial charge in [0.15, 0.2) is 6.61 Å². The highest BCUT2D eigenvalue weighted by Crippen LogP contribution is 2.36. The van der Waals surface area contributed by atoms with Crippen LogP contribution in [0.2, 0.25) is 0 Å². The van der Waals surface area contributed by atoms with Gasteiger partial charge in [0.05, 0.1) is 18.3 Å². The molecule has 2 aromatic rings. The number of primary amides is 1. The summed E-state index contributed by atoms with van der Waals surface area (Å²) in [7, 11) is 1.29. The van der Waals surface area contributed by atoms with E-state index in [0.717, 1.165) is 5.56 Å². The molecule has 32 heavy (non-hydrogen) atoms. The van der Waals surface area contributed by atoms with E-state index >= 15 is 0 Å². The topological polar surface area (TPSA) is 98.9 Å². The van der Waals surface area contributed by atoms with Crippen molar-refractivity contribution in [3.8, 4) is 5.75 Å². The molecule has 0 radical (unpaired) electrons. The molecule has 0 bridgehead atoms. The summed E-state index contributed by atoms with van der Waals surface area (Å²) in [6, 6.07) is 14.5. The summed E-state index contributed by atoms with van der Waals surface area (Å²) in [4.78, 5) is 38.3. The van der Waals surface area contributed by atoms with Gasteiger partial charge in [-0.3, -0.25) is 14.5 Å². The van der Waals surface area contributed by atoms with Crippen molar-refractivity contribution in [3.63, 3.8) is 0 Å². The van der Waals surface area contributed by atoms with Gasteiger partial charge in [0.2, 0.25) is 0 Å². The third kappa shape index (κ3) is 4.72. The summed E-state index contributed by atoms with van der Waals surface area (Å²) < 4.78 is 10.2. The van der Waals surface area contributed by atoms with Crippen LogP contribution in [0.15, 0.2) is 65.4 Å². The molecule has 0 unspecified atom stereocenters. The summed E-state index contributed by atoms with van der Waals surface area (Å²) in [5.41, 5.74) is 8.58. The molecule has 0 atom stereocenters. The van der Waals surface area contributed by atoms with Crippen molar-refractivity contribution in [2.45, 2.75) is 26.7 Å². The van der Waals surface area contributed by atoms with Crippen molar-refractivity contribution < 1.29 is 23.9 Å². The molecular weight excluding hydrogens is 408 g/mol. The highest BCUT2D eigenvalue weighted by molar-refractivity contribution is 6.23. The fraction of sp³-hybridized carbons (Fsp3) is 0.240. The number of methoxy groups -OCH3 is 1. The molecule has 7 nitrogen and oxygen atoms in total. The number of esters is 1. The number of rotatable bonds is 7. The van der Waals surface area contributed by atoms with Crippen LogP contribution in [0.1, 0.15) is 37.8 Å². The van der Waals surface area contributed by atoms with Crippen molar-refractivity contribution in [1.82, 2.24) is 0 Å². The van der Waals surface area contributed by atoms with Crippen LogP contribution in [0.25, 0.3) is 6.08 Å². The Hall–Kier alpha value is -3.87. The van der Waals surface area contributed by atoms with Crippen molar-refractivity contribution in [2.75, 3.05) is 18.6 Å². The van der Waals surface area contributed by atoms with Crippen LogP contribution in [-0.4, -0.2) is 31.5 Å². The summed E-state index contributed by atoms with van der Waals surface area (Å²) in [5, 5.41) is 0. The zero-order valence-electron chi connectivity index (χ0n) is 18.5. The molecule has 0 fully saturated rings. The van der Waals surface area contributed by atoms with Crippen LogP contribution in [0.4, 0.5) is 5.69 Å². The number of allylic oxidation sites excluding steroid dienone is 1. The van der Waals surface area contributed by atoms with Gasteiger partial charge in [0.1, 0.15) is 5.75 Å². The van der Waals surface area contributed by atoms with Gasteiger partial charge in [-0.1, -0.05) is 38.1 Å². The predicted octanol–water partition coefficient (Wildman–Crippen LogP) is 3.55. The Morgan fingerprint density at radius 1 is 1.06 bits per heavy atom. The molecule has 2 amide bonds. The summed E-state index contributed by atoms with van der Waals surface area (Å²) in [5.74, 6) is -0.627. The SMILES string of the molecule is COC(=O)C1=C(C)N(c2ccc(C(C)C)cc2)C(=O)/C1=C\c1ccc(OCC(N)=O)cc1. The van der Waals surface area contributed by atoms with Crippen LogP contribution in [0.3, 0.4) is 0 Å². The lowest BCUT2D eigenvalue weighted by Gasteiger charge is -2.19. The number of carbonyl (C=O) groups is 3. The monoisotopic (exact) mass is 434 g/mol. The number of hydrogen-bond acceptors (Lipinski definition) is 5. The van der Waals surface area contributed by atoms with Gasteiger partial charge in [-0.2, -0.15) is 0 Å². The first kappa shape index (κ1) is 22.8. The number of hydrogen-bond donors (Lipinski definition) is 1. The van der Waals surface area contributed by atoms with E-state index in [2.05, 4.69) is 13.8 Å². The molecule has 3 rings (SSSR count). The molecule has 0 spiro atoms. The summed E-state index contributed by atoms with van der Waals surface area (Å²) in [6.07, 6.45) is 1.64. The second-order valence-electron chi connectivity index (χ2n) is 7.72. The van der Waals surface area contributed by atoms with E-state index in [4.69, 9.17) is 15.2 Å². The van der Waals surface area contributed by atoms with Gasteiger partial charge in [0, 0.05) is 11.4 Å². The number of benzene rings is 2. The van der Waals surface area contributed by atoms with Crippen molar-refractivity contribution >= 4 is 29.5 Å². The zero-order valence-corrected chi connectivity index (χ0v) is 18.5. The second kappa shape index (κ2) is 9.51. The van der Waals surface area contributed by atoms with E-state index in [1.807, 2.05) is 24.3 Å². The summed E-state index contributed by atoms with van der Waals surface area (Å²) >= 11 is 0. The number of nitrogens with two attached hydrogens (primary N) is 1. The molecule has 166 valence electrons. The molecule has 1 heterocycles. The maximum absolute atomic E-state index is 13.3. The minimum absolute atomic E-state index is 0.222. The lowest BCUT2D eigenvalue weighted by atomic mass is 10.0. The van der Waals surface area contributed by atoms with E-state index in [1.165, 1.54) is 12.0 Å². The maximum atomic E-state index is 13.3. The molecule has 1 aliphatic rings. The van der Waals surface area contributed by atoms with Crippen LogP contribution in [-0.2, 0) is 19.1 Å². The number of ether oxygens (including phenoxy) is 2. The number of anilines is 1. The normalized spacial score (nSPS) is 15.0. The first-order valence-corrected chi connectivity index (χ1v) is 10.2. The zero-order chi connectivity index (χ0) is 23.4. The second-order valence-corrected chi connectivity index (χ2v) is 7.72. The average molecular weight is 434 g/mol. The molecule has 0 aliphatic carbocycles. The maximum Gasteiger partial charge on any atom is 0.340 e. The van der Waals surface area contributed by atoms with Crippen LogP contribution in [0.5, 0.6) is 5.75 Å². The average Bonchev–Trinajstić information content (AvgIpc) is 3.02. The van der Waals surface area contributed by atoms with Gasteiger partial charge >= 0.3 is 5.97 Å². The Balaban J connectivity index is 1.97. The molecular formula is C25H26N2O5. The van der Waals surface area contributed by atoms with E-state index in [-0.39, 0.29) is 23.7 Å². The molecule has 7 heteroatoms. The molecule has 0 saturated heterocycles. The number of amides is 2. The van der Waals surface area contributed by atoms with Gasteiger partial charge in [-0.05, 0) is 54.3 Å². The largest absolute Gasteiger partial charge is 0.484 e. The van der Waals surface area contributed by atoms with Gasteiger partial charge in [-0.15, -0.1) is 0 Å². The third-order valence-corrected chi connectivity index (χ3v) is 5.18. The minimum Gasteiger partial charge on any atom is -0.484 e. The smallest absolute Gasteiger partial charge is 0.340 e. The van der Waals surface area contributed by atoms with Crippen LogP contribution < -0.4 is 15.4 Å². The number of carbonyl (C=O) groups excluding carboxylic acids is 3. The lowest BCUT2D eigenvalue weighted by molar-refractivity contribution is -0.136. The van der Waals surface area contributed by atoms with Gasteiger partial charge < -0.3 is 15.2 Å². The van der Waals surface area contributed by atoms with E-state index in [1.54, 1.807) is 37.3 Å². The molecule has 0 aromatic heterocycles. The van der Waals surface area contributed by atoms with E-state index in [9.17, 15) is 14.4 Å². The predicted molar refractivity (Wildman–Crippen MR) is 122 cm³/mol. The first-order valence-electron chi connectivity index (χ1n) is 10.2. The molecule has 2 aromatic carbocycles. The van der Waals surface area contributed by atoms with Crippen molar-refractivity contribution in [1.29, 1.82) is 0 Å². The lowest BCUT2D eigenvalue weighted by Crippen LogP contribution is -2.24. The Bertz CT molecular complexity index is 1100. The molecule has 1 aliphatic heterocycles. The highest BCUT2D eigenvalue weighted by atomic mass is 16.5. The van der Waals surface area contributed by atoms with Crippen LogP contribution >= 0.6 is 0 Å². The quantitative estimate of drug-likeness (QED) is 0.531. The van der Waals surface area contributed by atoms with Gasteiger partial charge in [0.25, 0.3) is 11.8 Å². The highest BCUT2D eigenvalue weighted by Gasteiger charge is 2.37. The van der Waals surface area contributed by atoms with Crippen molar-refractivity contribution in [3.05, 3.63) is 76.5 Å². The standard InChI is InChI=1S/C25H26N2O5/c1-15(2)18-7-9-19(10-8-18)27-16(3)23(25(30)31-4)21(24(27)29)13-17-5-11-20(12-6-17)32-14-22(26)28/h5-13,15H,14H2,1-4H3,(H2,26,28)/b21-13-. The Morgan fingerprint density at radius 2 is 1.69 bits per heavy atom. The van der Waals surface area contributed by atoms with E-state index < -0.39 is 11.9 Å². The van der Waals surface area contributed by atoms with Crippen LogP contribution in [0, 0.1) is 0 Å². The van der Waals surface area contributed by atoms with Crippen molar-refractivity contribution in [2.24, 2.45) is 5.73 Å². The Labute approximate surface area is 187 Å². The minimum atomic E-state index is -0.579. The molecule has 0 saturated carbocycles. The Kier molecular flexibility index (Phi) is 6.78. The number of nitrogens with zero attached hydrogens (tertiary/aromatic N) is 1. The summed E-state index contributed by atoms with van der Waals surface area (Å²) in [6.45, 7) is 5.70. The fourth-order valence-corrected chi connectivity index (χ4v) is 3.48. The van der Waals surface area contributed by atoms with Gasteiger partial charge in [-0.25, -0.2) is 4.79 Å². The third-order valence-electron chi connectivity index (χ3n) is 5.18. The molecule has 2 N–H and O–H groups in total. The van der Waals surface area contributed by atoms with E-state index in [0.29, 0.717) is 28.6 Å². The Morgan fingerprint density at radius 3 is 2.22 bits per heavy atom. The fourth-order valence-electron chi connectivity index (χ4n) is 3.48.